The van der Waals surface area contributed by atoms with Crippen LogP contribution in [0.4, 0.5) is 0 Å². The van der Waals surface area contributed by atoms with E-state index in [1.807, 2.05) is 0 Å². The molecule has 0 unspecified atom stereocenters. The van der Waals surface area contributed by atoms with Gasteiger partial charge in [-0.15, -0.1) is 0 Å². The van der Waals surface area contributed by atoms with E-state index in [4.69, 9.17) is 0 Å². The average Bonchev–Trinajstić information content (AvgIpc) is 2.24. The molecule has 1 aromatic carbocycles. The Morgan fingerprint density at radius 2 is 1.81 bits per heavy atom. The van der Waals surface area contributed by atoms with Gasteiger partial charge in [0.05, 0.1) is 0 Å². The van der Waals surface area contributed by atoms with Crippen molar-refractivity contribution >= 4 is 13.9 Å². The predicted octanol–water partition coefficient (Wildman–Crippen LogP) is 4.25. The Kier molecular flexibility index (Phi) is 4.81. The molecule has 16 heavy (non-hydrogen) atoms. The number of benzene rings is 1. The van der Waals surface area contributed by atoms with Crippen molar-refractivity contribution in [1.29, 1.82) is 0 Å². The third-order valence-electron chi connectivity index (χ3n) is 2.23. The molecule has 1 aromatic rings. The molecule has 1 nitrogen and oxygen atoms in total. The quantitative estimate of drug-likeness (QED) is 0.750. The topological polar surface area (TPSA) is 12.0 Å². The summed E-state index contributed by atoms with van der Waals surface area (Å²) >= 11 is 0. The molecule has 0 aliphatic carbocycles. The number of nitrogens with one attached hydrogen (secondary N) is 1. The minimum Gasteiger partial charge on any atom is -0.411 e. The summed E-state index contributed by atoms with van der Waals surface area (Å²) in [4.78, 5) is 3.71. The van der Waals surface area contributed by atoms with Gasteiger partial charge in [0.15, 0.2) is 0 Å². The second-order valence-corrected chi connectivity index (χ2v) is 9.90. The van der Waals surface area contributed by atoms with Gasteiger partial charge in [0, 0.05) is 5.70 Å². The molecule has 0 aromatic heterocycles. The second kappa shape index (κ2) is 5.90. The third-order valence-corrected chi connectivity index (χ3v) is 3.25. The van der Waals surface area contributed by atoms with Gasteiger partial charge in [-0.3, -0.25) is 0 Å². The standard InChI is InChI=1S/C14H23NSi/c1-5-6-12-14(15-16(2,3)4)13-10-8-7-9-11-13/h7-12,15H,5-6H2,1-4H3/b14-12-. The lowest BCUT2D eigenvalue weighted by Crippen LogP contribution is -2.39. The van der Waals surface area contributed by atoms with Crippen LogP contribution in [0.25, 0.3) is 5.70 Å². The van der Waals surface area contributed by atoms with E-state index in [9.17, 15) is 0 Å². The highest BCUT2D eigenvalue weighted by Crippen LogP contribution is 2.15. The first kappa shape index (κ1) is 13.0. The Balaban J connectivity index is 2.89. The van der Waals surface area contributed by atoms with Gasteiger partial charge in [-0.05, 0) is 12.0 Å². The molecule has 88 valence electrons. The molecule has 0 heterocycles. The molecule has 1 rings (SSSR count). The van der Waals surface area contributed by atoms with Crippen molar-refractivity contribution in [3.63, 3.8) is 0 Å². The molecule has 0 saturated heterocycles. The lowest BCUT2D eigenvalue weighted by atomic mass is 10.1. The van der Waals surface area contributed by atoms with Gasteiger partial charge >= 0.3 is 0 Å². The summed E-state index contributed by atoms with van der Waals surface area (Å²) in [5, 5.41) is 0. The van der Waals surface area contributed by atoms with E-state index in [2.05, 4.69) is 68.0 Å². The SMILES string of the molecule is CCC/C=C(\N[Si](C)(C)C)c1ccccc1. The molecule has 0 fully saturated rings. The summed E-state index contributed by atoms with van der Waals surface area (Å²) in [6.45, 7) is 9.20. The zero-order valence-corrected chi connectivity index (χ0v) is 11.9. The number of unbranched alkanes of at least 4 members (excludes halogenated alkanes) is 1. The number of allylic oxidation sites excluding steroid dienone is 1. The molecule has 0 aliphatic rings. The average molecular weight is 233 g/mol. The van der Waals surface area contributed by atoms with Gasteiger partial charge in [-0.25, -0.2) is 0 Å². The van der Waals surface area contributed by atoms with Gasteiger partial charge in [-0.1, -0.05) is 69.4 Å². The Bertz CT molecular complexity index is 336. The molecular formula is C14H23NSi. The molecule has 0 amide bonds. The Hall–Kier alpha value is -1.02. The maximum Gasteiger partial charge on any atom is 0.144 e. The van der Waals surface area contributed by atoms with Crippen LogP contribution in [0.3, 0.4) is 0 Å². The van der Waals surface area contributed by atoms with Gasteiger partial charge in [0.2, 0.25) is 0 Å². The first-order valence-corrected chi connectivity index (χ1v) is 9.56. The summed E-state index contributed by atoms with van der Waals surface area (Å²) in [6, 6.07) is 10.6. The molecule has 2 heteroatoms. The van der Waals surface area contributed by atoms with Crippen molar-refractivity contribution in [2.45, 2.75) is 39.4 Å². The lowest BCUT2D eigenvalue weighted by Gasteiger charge is -2.22. The zero-order valence-electron chi connectivity index (χ0n) is 10.9. The summed E-state index contributed by atoms with van der Waals surface area (Å²) in [5.41, 5.74) is 2.61. The maximum absolute atomic E-state index is 3.71. The van der Waals surface area contributed by atoms with Crippen molar-refractivity contribution in [3.05, 3.63) is 42.0 Å². The minimum absolute atomic E-state index is 1.14. The summed E-state index contributed by atoms with van der Waals surface area (Å²) in [7, 11) is -1.27. The van der Waals surface area contributed by atoms with Crippen LogP contribution in [0, 0.1) is 0 Å². The zero-order chi connectivity index (χ0) is 12.0. The first-order chi connectivity index (χ1) is 7.53. The van der Waals surface area contributed by atoms with E-state index < -0.39 is 8.24 Å². The fourth-order valence-electron chi connectivity index (χ4n) is 1.55. The number of hydrogen-bond donors (Lipinski definition) is 1. The summed E-state index contributed by atoms with van der Waals surface area (Å²) < 4.78 is 0. The highest BCUT2D eigenvalue weighted by molar-refractivity contribution is 6.74. The van der Waals surface area contributed by atoms with Crippen LogP contribution in [0.5, 0.6) is 0 Å². The van der Waals surface area contributed by atoms with Crippen LogP contribution in [-0.2, 0) is 0 Å². The van der Waals surface area contributed by atoms with Crippen LogP contribution in [0.1, 0.15) is 25.3 Å². The van der Waals surface area contributed by atoms with Gasteiger partial charge < -0.3 is 4.98 Å². The van der Waals surface area contributed by atoms with E-state index in [0.717, 1.165) is 6.42 Å². The third kappa shape index (κ3) is 4.66. The molecular weight excluding hydrogens is 210 g/mol. The van der Waals surface area contributed by atoms with Gasteiger partial charge in [0.1, 0.15) is 8.24 Å². The predicted molar refractivity (Wildman–Crippen MR) is 75.8 cm³/mol. The molecule has 0 bridgehead atoms. The molecule has 0 spiro atoms. The van der Waals surface area contributed by atoms with Crippen LogP contribution in [-0.4, -0.2) is 8.24 Å². The molecule has 0 atom stereocenters. The van der Waals surface area contributed by atoms with Gasteiger partial charge in [-0.2, -0.15) is 0 Å². The largest absolute Gasteiger partial charge is 0.411 e. The maximum atomic E-state index is 3.71. The number of hydrogen-bond acceptors (Lipinski definition) is 1. The van der Waals surface area contributed by atoms with Crippen molar-refractivity contribution in [2.24, 2.45) is 0 Å². The minimum atomic E-state index is -1.27. The molecule has 0 radical (unpaired) electrons. The van der Waals surface area contributed by atoms with Crippen molar-refractivity contribution in [2.75, 3.05) is 0 Å². The lowest BCUT2D eigenvalue weighted by molar-refractivity contribution is 0.955. The van der Waals surface area contributed by atoms with Crippen molar-refractivity contribution < 1.29 is 0 Å². The van der Waals surface area contributed by atoms with E-state index in [0.29, 0.717) is 0 Å². The summed E-state index contributed by atoms with van der Waals surface area (Å²) in [6.07, 6.45) is 4.67. The van der Waals surface area contributed by atoms with Crippen molar-refractivity contribution in [1.82, 2.24) is 4.98 Å². The fourth-order valence-corrected chi connectivity index (χ4v) is 2.61. The fraction of sp³-hybridized carbons (Fsp3) is 0.429. The molecule has 1 N–H and O–H groups in total. The van der Waals surface area contributed by atoms with E-state index >= 15 is 0 Å². The first-order valence-electron chi connectivity index (χ1n) is 6.06. The van der Waals surface area contributed by atoms with Crippen LogP contribution < -0.4 is 4.98 Å². The van der Waals surface area contributed by atoms with E-state index in [-0.39, 0.29) is 0 Å². The molecule has 0 saturated carbocycles. The highest BCUT2D eigenvalue weighted by Gasteiger charge is 2.14. The molecule has 0 aliphatic heterocycles. The van der Waals surface area contributed by atoms with Crippen molar-refractivity contribution in [3.8, 4) is 0 Å². The van der Waals surface area contributed by atoms with Crippen LogP contribution in [0.2, 0.25) is 19.6 Å². The monoisotopic (exact) mass is 233 g/mol. The Morgan fingerprint density at radius 3 is 2.31 bits per heavy atom. The smallest absolute Gasteiger partial charge is 0.144 e. The Labute approximate surface area is 101 Å². The highest BCUT2D eigenvalue weighted by atomic mass is 28.3. The summed E-state index contributed by atoms with van der Waals surface area (Å²) in [5.74, 6) is 0. The van der Waals surface area contributed by atoms with E-state index in [1.54, 1.807) is 0 Å². The Morgan fingerprint density at radius 1 is 1.19 bits per heavy atom. The van der Waals surface area contributed by atoms with Crippen LogP contribution in [0.15, 0.2) is 36.4 Å². The second-order valence-electron chi connectivity index (χ2n) is 5.15. The van der Waals surface area contributed by atoms with Gasteiger partial charge in [0.25, 0.3) is 0 Å². The number of rotatable bonds is 5. The normalized spacial score (nSPS) is 12.6. The van der Waals surface area contributed by atoms with E-state index in [1.165, 1.54) is 17.7 Å². The van der Waals surface area contributed by atoms with Crippen LogP contribution >= 0.6 is 0 Å².